The lowest BCUT2D eigenvalue weighted by atomic mass is 9.95. The largest absolute Gasteiger partial charge is 0.394 e. The fraction of sp³-hybridized carbons (Fsp3) is 0.968. The topological polar surface area (TPSA) is 351 Å². The summed E-state index contributed by atoms with van der Waals surface area (Å²) in [6.07, 6.45) is -31.2. The van der Waals surface area contributed by atoms with E-state index >= 15 is 0 Å². The molecule has 4 rings (SSSR count). The van der Waals surface area contributed by atoms with Gasteiger partial charge < -0.3 is 105 Å². The maximum atomic E-state index is 14.1. The third-order valence-electron chi connectivity index (χ3n) is 9.69. The summed E-state index contributed by atoms with van der Waals surface area (Å²) in [5, 5.41) is 119. The quantitative estimate of drug-likeness (QED) is 0.0608. The first-order chi connectivity index (χ1) is 25.7. The highest BCUT2D eigenvalue weighted by molar-refractivity contribution is 5.73. The lowest BCUT2D eigenvalue weighted by Crippen LogP contribution is -2.69. The highest BCUT2D eigenvalue weighted by Crippen LogP contribution is 2.34. The number of nitrogens with one attached hydrogen (secondary N) is 1. The van der Waals surface area contributed by atoms with Crippen LogP contribution in [0, 0.1) is 0 Å². The molecule has 0 aromatic carbocycles. The zero-order valence-electron chi connectivity index (χ0n) is 29.5. The summed E-state index contributed by atoms with van der Waals surface area (Å²) in [6, 6.07) is -1.50. The van der Waals surface area contributed by atoms with Crippen LogP contribution in [0.2, 0.25) is 0 Å². The fourth-order valence-electron chi connectivity index (χ4n) is 6.67. The SMILES string of the molecule is CC(=O)NC1C(OC2C(O)C(CO)OC(OC3C(CO)OC(OC4C(CF)OC(OCCCCCN)C(O)C4O)C(O)C3O)C2O)OC(CO)C(O)C1O. The van der Waals surface area contributed by atoms with Gasteiger partial charge in [0.1, 0.15) is 104 Å². The molecule has 0 saturated carbocycles. The molecule has 0 radical (unpaired) electrons. The van der Waals surface area contributed by atoms with E-state index in [0.29, 0.717) is 13.0 Å². The van der Waals surface area contributed by atoms with Crippen molar-refractivity contribution in [2.75, 3.05) is 39.6 Å². The molecule has 20 unspecified atom stereocenters. The number of hydrogen-bond acceptors (Lipinski definition) is 21. The summed E-state index contributed by atoms with van der Waals surface area (Å²) in [7, 11) is 0. The first-order valence-electron chi connectivity index (χ1n) is 17.7. The number of unbranched alkanes of at least 4 members (excludes halogenated alkanes) is 2. The van der Waals surface area contributed by atoms with Crippen LogP contribution in [0.3, 0.4) is 0 Å². The lowest BCUT2D eigenvalue weighted by molar-refractivity contribution is -0.386. The number of hydrogen-bond donors (Lipinski definition) is 13. The van der Waals surface area contributed by atoms with Gasteiger partial charge in [-0.2, -0.15) is 0 Å². The van der Waals surface area contributed by atoms with Crippen LogP contribution >= 0.6 is 0 Å². The van der Waals surface area contributed by atoms with Gasteiger partial charge in [-0.05, 0) is 25.8 Å². The van der Waals surface area contributed by atoms with Crippen molar-refractivity contribution in [3.8, 4) is 0 Å². The zero-order chi connectivity index (χ0) is 39.9. The predicted molar refractivity (Wildman–Crippen MR) is 171 cm³/mol. The Bertz CT molecular complexity index is 1130. The minimum Gasteiger partial charge on any atom is -0.394 e. The number of alkyl halides is 1. The molecule has 54 heavy (non-hydrogen) atoms. The van der Waals surface area contributed by atoms with E-state index in [4.69, 9.17) is 43.6 Å². The molecule has 316 valence electrons. The molecular weight excluding hydrogens is 739 g/mol. The molecule has 4 aliphatic rings. The highest BCUT2D eigenvalue weighted by Gasteiger charge is 2.55. The van der Waals surface area contributed by atoms with Gasteiger partial charge in [-0.1, -0.05) is 0 Å². The van der Waals surface area contributed by atoms with Crippen LogP contribution < -0.4 is 11.1 Å². The van der Waals surface area contributed by atoms with Gasteiger partial charge >= 0.3 is 0 Å². The van der Waals surface area contributed by atoms with Crippen LogP contribution in [0.1, 0.15) is 26.2 Å². The van der Waals surface area contributed by atoms with Crippen molar-refractivity contribution in [3.05, 3.63) is 0 Å². The summed E-state index contributed by atoms with van der Waals surface area (Å²) in [4.78, 5) is 11.9. The number of carbonyl (C=O) groups excluding carboxylic acids is 1. The summed E-state index contributed by atoms with van der Waals surface area (Å²) >= 11 is 0. The smallest absolute Gasteiger partial charge is 0.217 e. The molecule has 23 heteroatoms. The Labute approximate surface area is 309 Å². The van der Waals surface area contributed by atoms with E-state index < -0.39 is 155 Å². The number of aliphatic hydroxyl groups excluding tert-OH is 11. The maximum Gasteiger partial charge on any atom is 0.217 e. The van der Waals surface area contributed by atoms with Gasteiger partial charge in [0.05, 0.1) is 19.8 Å². The van der Waals surface area contributed by atoms with E-state index in [-0.39, 0.29) is 6.61 Å². The third-order valence-corrected chi connectivity index (χ3v) is 9.69. The molecule has 0 aromatic rings. The van der Waals surface area contributed by atoms with Gasteiger partial charge in [-0.3, -0.25) is 4.79 Å². The van der Waals surface area contributed by atoms with Gasteiger partial charge in [0, 0.05) is 13.5 Å². The van der Waals surface area contributed by atoms with Crippen LogP contribution in [0.4, 0.5) is 4.39 Å². The molecule has 22 nitrogen and oxygen atoms in total. The van der Waals surface area contributed by atoms with E-state index in [9.17, 15) is 65.4 Å². The average molecular weight is 795 g/mol. The Morgan fingerprint density at radius 1 is 0.593 bits per heavy atom. The Morgan fingerprint density at radius 2 is 1.09 bits per heavy atom. The minimum atomic E-state index is -2.05. The van der Waals surface area contributed by atoms with E-state index in [1.165, 1.54) is 0 Å². The molecule has 0 bridgehead atoms. The number of halogens is 1. The zero-order valence-corrected chi connectivity index (χ0v) is 29.5. The number of carbonyl (C=O) groups is 1. The lowest BCUT2D eigenvalue weighted by Gasteiger charge is -2.49. The molecule has 4 fully saturated rings. The first-order valence-corrected chi connectivity index (χ1v) is 17.7. The minimum absolute atomic E-state index is 0.114. The van der Waals surface area contributed by atoms with E-state index in [1.807, 2.05) is 0 Å². The summed E-state index contributed by atoms with van der Waals surface area (Å²) in [6.45, 7) is -2.20. The normalized spacial score (nSPS) is 46.0. The van der Waals surface area contributed by atoms with Crippen molar-refractivity contribution in [1.82, 2.24) is 5.32 Å². The number of ether oxygens (including phenoxy) is 8. The summed E-state index contributed by atoms with van der Waals surface area (Å²) in [5.41, 5.74) is 5.46. The molecule has 1 amide bonds. The van der Waals surface area contributed by atoms with Crippen molar-refractivity contribution in [2.24, 2.45) is 5.73 Å². The summed E-state index contributed by atoms with van der Waals surface area (Å²) in [5.74, 6) is -0.694. The second-order valence-corrected chi connectivity index (χ2v) is 13.5. The second-order valence-electron chi connectivity index (χ2n) is 13.5. The maximum absolute atomic E-state index is 14.1. The number of aliphatic hydroxyl groups is 11. The molecule has 4 saturated heterocycles. The Hall–Kier alpha value is -1.40. The van der Waals surface area contributed by atoms with Crippen molar-refractivity contribution in [1.29, 1.82) is 0 Å². The standard InChI is InChI=1S/C31H55FN2O20/c1-11(38)34-16-19(41)17(39)13(8-35)49-28(16)54-27-18(40)14(9-36)50-31(24(27)46)53-26-15(10-37)51-30(23(45)21(26)43)52-25-12(7-32)48-29(22(44)20(25)42)47-6-4-2-3-5-33/h12-31,35-37,39-46H,2-10,33H2,1H3,(H,34,38). The van der Waals surface area contributed by atoms with Gasteiger partial charge in [0.15, 0.2) is 25.2 Å². The molecule has 0 aliphatic carbocycles. The molecule has 0 spiro atoms. The first kappa shape index (κ1) is 45.3. The summed E-state index contributed by atoms with van der Waals surface area (Å²) < 4.78 is 58.8. The number of nitrogens with two attached hydrogens (primary N) is 1. The van der Waals surface area contributed by atoms with Gasteiger partial charge in [0.2, 0.25) is 5.91 Å². The average Bonchev–Trinajstić information content (AvgIpc) is 3.15. The number of amides is 1. The van der Waals surface area contributed by atoms with Crippen molar-refractivity contribution < 1.29 is 103 Å². The van der Waals surface area contributed by atoms with Crippen LogP contribution in [-0.2, 0) is 42.7 Å². The van der Waals surface area contributed by atoms with E-state index in [0.717, 1.165) is 19.8 Å². The molecule has 0 aromatic heterocycles. The Balaban J connectivity index is 1.46. The van der Waals surface area contributed by atoms with Crippen LogP contribution in [0.25, 0.3) is 0 Å². The molecule has 14 N–H and O–H groups in total. The van der Waals surface area contributed by atoms with Gasteiger partial charge in [0.25, 0.3) is 0 Å². The Kier molecular flexibility index (Phi) is 17.5. The van der Waals surface area contributed by atoms with Crippen molar-refractivity contribution >= 4 is 5.91 Å². The number of rotatable bonds is 17. The fourth-order valence-corrected chi connectivity index (χ4v) is 6.67. The van der Waals surface area contributed by atoms with Crippen LogP contribution in [0.5, 0.6) is 0 Å². The Morgan fingerprint density at radius 3 is 1.67 bits per heavy atom. The van der Waals surface area contributed by atoms with Crippen LogP contribution in [0.15, 0.2) is 0 Å². The highest BCUT2D eigenvalue weighted by atomic mass is 19.1. The third kappa shape index (κ3) is 10.4. The van der Waals surface area contributed by atoms with E-state index in [2.05, 4.69) is 5.32 Å². The molecule has 20 atom stereocenters. The second kappa shape index (κ2) is 20.9. The van der Waals surface area contributed by atoms with E-state index in [1.54, 1.807) is 0 Å². The van der Waals surface area contributed by atoms with Gasteiger partial charge in [-0.15, -0.1) is 0 Å². The van der Waals surface area contributed by atoms with Gasteiger partial charge in [-0.25, -0.2) is 4.39 Å². The monoisotopic (exact) mass is 794 g/mol. The molecule has 4 heterocycles. The van der Waals surface area contributed by atoms with Crippen molar-refractivity contribution in [3.63, 3.8) is 0 Å². The van der Waals surface area contributed by atoms with Crippen molar-refractivity contribution in [2.45, 2.75) is 149 Å². The molecule has 4 aliphatic heterocycles. The van der Waals surface area contributed by atoms with Crippen LogP contribution in [-0.4, -0.2) is 224 Å². The molecular formula is C31H55FN2O20. The predicted octanol–water partition coefficient (Wildman–Crippen LogP) is -7.47.